The Morgan fingerprint density at radius 3 is 2.60 bits per heavy atom. The van der Waals surface area contributed by atoms with Crippen LogP contribution in [0, 0.1) is 6.92 Å². The normalized spacial score (nSPS) is 11.5. The molecule has 0 fully saturated rings. The van der Waals surface area contributed by atoms with Gasteiger partial charge in [0, 0.05) is 12.2 Å². The van der Waals surface area contributed by atoms with Crippen LogP contribution in [-0.4, -0.2) is 9.55 Å². The maximum atomic E-state index is 11.5. The van der Waals surface area contributed by atoms with Crippen molar-refractivity contribution in [2.45, 2.75) is 17.3 Å². The van der Waals surface area contributed by atoms with E-state index in [1.54, 1.807) is 19.1 Å². The average molecular weight is 268 g/mol. The molecular weight excluding hydrogens is 258 g/mol. The fourth-order valence-corrected chi connectivity index (χ4v) is 1.41. The van der Waals surface area contributed by atoms with Gasteiger partial charge in [-0.2, -0.15) is 4.98 Å². The smallest absolute Gasteiger partial charge is 0.293 e. The van der Waals surface area contributed by atoms with E-state index in [9.17, 15) is 4.79 Å². The Morgan fingerprint density at radius 2 is 2.20 bits per heavy atom. The van der Waals surface area contributed by atoms with Gasteiger partial charge in [-0.15, -0.1) is 6.58 Å². The van der Waals surface area contributed by atoms with E-state index < -0.39 is 9.48 Å². The summed E-state index contributed by atoms with van der Waals surface area (Å²) in [5, 5.41) is 0. The molecule has 0 aliphatic carbocycles. The Hall–Kier alpha value is -0.510. The molecule has 0 saturated carbocycles. The summed E-state index contributed by atoms with van der Waals surface area (Å²) in [5.74, 6) is 0. The maximum absolute atomic E-state index is 11.5. The largest absolute Gasteiger partial charge is 0.348 e. The average Bonchev–Trinajstić information content (AvgIpc) is 2.09. The number of hydrogen-bond acceptors (Lipinski definition) is 2. The van der Waals surface area contributed by atoms with Crippen LogP contribution >= 0.6 is 34.8 Å². The molecule has 0 atom stereocenters. The molecule has 1 rings (SSSR count). The number of halogens is 3. The highest BCUT2D eigenvalue weighted by Gasteiger charge is 2.25. The van der Waals surface area contributed by atoms with Gasteiger partial charge in [-0.05, 0) is 13.0 Å². The zero-order valence-corrected chi connectivity index (χ0v) is 10.3. The second kappa shape index (κ2) is 4.56. The number of allylic oxidation sites excluding steroid dienone is 1. The van der Waals surface area contributed by atoms with Gasteiger partial charge in [0.2, 0.25) is 3.79 Å². The summed E-state index contributed by atoms with van der Waals surface area (Å²) in [7, 11) is 0. The van der Waals surface area contributed by atoms with Gasteiger partial charge in [-0.25, -0.2) is 4.79 Å². The van der Waals surface area contributed by atoms with Crippen molar-refractivity contribution < 1.29 is 0 Å². The third kappa shape index (κ3) is 2.97. The lowest BCUT2D eigenvalue weighted by atomic mass is 10.3. The van der Waals surface area contributed by atoms with Crippen molar-refractivity contribution in [1.29, 1.82) is 0 Å². The molecule has 82 valence electrons. The first kappa shape index (κ1) is 12.6. The first-order chi connectivity index (χ1) is 6.86. The van der Waals surface area contributed by atoms with Crippen LogP contribution in [-0.2, 0) is 10.3 Å². The molecule has 1 heterocycles. The summed E-state index contributed by atoms with van der Waals surface area (Å²) in [5.41, 5.74) is 0.364. The van der Waals surface area contributed by atoms with Crippen molar-refractivity contribution in [2.24, 2.45) is 0 Å². The van der Waals surface area contributed by atoms with Crippen molar-refractivity contribution in [3.05, 3.63) is 40.6 Å². The SMILES string of the molecule is C=CCn1c(C)cc(C(Cl)(Cl)Cl)nc1=O. The molecule has 0 N–H and O–H groups in total. The standard InChI is InChI=1S/C9H9Cl3N2O/c1-3-4-14-6(2)5-7(9(10,11)12)13-8(14)15/h3,5H,1,4H2,2H3. The minimum absolute atomic E-state index is 0.135. The van der Waals surface area contributed by atoms with Crippen molar-refractivity contribution >= 4 is 34.8 Å². The van der Waals surface area contributed by atoms with E-state index in [1.807, 2.05) is 0 Å². The van der Waals surface area contributed by atoms with E-state index in [0.717, 1.165) is 0 Å². The van der Waals surface area contributed by atoms with Crippen LogP contribution in [0.5, 0.6) is 0 Å². The predicted octanol–water partition coefficient (Wildman–Crippen LogP) is 2.56. The molecule has 15 heavy (non-hydrogen) atoms. The predicted molar refractivity (Wildman–Crippen MR) is 62.7 cm³/mol. The van der Waals surface area contributed by atoms with Crippen molar-refractivity contribution in [2.75, 3.05) is 0 Å². The molecule has 1 aromatic heterocycles. The fraction of sp³-hybridized carbons (Fsp3) is 0.333. The number of hydrogen-bond donors (Lipinski definition) is 0. The third-order valence-electron chi connectivity index (χ3n) is 1.82. The summed E-state index contributed by atoms with van der Waals surface area (Å²) in [6.07, 6.45) is 1.60. The van der Waals surface area contributed by atoms with Crippen LogP contribution in [0.25, 0.3) is 0 Å². The molecule has 0 aliphatic rings. The van der Waals surface area contributed by atoms with Gasteiger partial charge in [0.05, 0.1) is 5.69 Å². The van der Waals surface area contributed by atoms with Crippen LogP contribution in [0.2, 0.25) is 0 Å². The monoisotopic (exact) mass is 266 g/mol. The second-order valence-corrected chi connectivity index (χ2v) is 5.24. The summed E-state index contributed by atoms with van der Waals surface area (Å²) in [4.78, 5) is 15.2. The van der Waals surface area contributed by atoms with E-state index in [-0.39, 0.29) is 5.69 Å². The van der Waals surface area contributed by atoms with Gasteiger partial charge in [0.25, 0.3) is 0 Å². The molecule has 0 radical (unpaired) electrons. The number of aryl methyl sites for hydroxylation is 1. The van der Waals surface area contributed by atoms with E-state index in [4.69, 9.17) is 34.8 Å². The maximum Gasteiger partial charge on any atom is 0.348 e. The molecule has 0 aromatic carbocycles. The van der Waals surface area contributed by atoms with Crippen LogP contribution in [0.15, 0.2) is 23.5 Å². The minimum atomic E-state index is -1.67. The molecule has 0 aliphatic heterocycles. The van der Waals surface area contributed by atoms with Gasteiger partial charge in [0.1, 0.15) is 0 Å². The number of alkyl halides is 3. The highest BCUT2D eigenvalue weighted by molar-refractivity contribution is 6.66. The summed E-state index contributed by atoms with van der Waals surface area (Å²) in [6, 6.07) is 1.57. The van der Waals surface area contributed by atoms with E-state index in [1.165, 1.54) is 4.57 Å². The Balaban J connectivity index is 3.32. The fourth-order valence-electron chi connectivity index (χ4n) is 1.12. The summed E-state index contributed by atoms with van der Waals surface area (Å²) in [6.45, 7) is 5.67. The molecule has 1 aromatic rings. The van der Waals surface area contributed by atoms with Crippen LogP contribution < -0.4 is 5.69 Å². The molecule has 0 bridgehead atoms. The summed E-state index contributed by atoms with van der Waals surface area (Å²) < 4.78 is -0.232. The Morgan fingerprint density at radius 1 is 1.60 bits per heavy atom. The van der Waals surface area contributed by atoms with Gasteiger partial charge >= 0.3 is 5.69 Å². The number of rotatable bonds is 2. The minimum Gasteiger partial charge on any atom is -0.293 e. The van der Waals surface area contributed by atoms with Crippen LogP contribution in [0.4, 0.5) is 0 Å². The molecule has 0 unspecified atom stereocenters. The van der Waals surface area contributed by atoms with Crippen molar-refractivity contribution in [3.63, 3.8) is 0 Å². The molecule has 0 amide bonds. The molecule has 0 saturated heterocycles. The van der Waals surface area contributed by atoms with Gasteiger partial charge < -0.3 is 0 Å². The highest BCUT2D eigenvalue weighted by atomic mass is 35.6. The number of nitrogens with zero attached hydrogens (tertiary/aromatic N) is 2. The van der Waals surface area contributed by atoms with E-state index in [0.29, 0.717) is 12.2 Å². The quantitative estimate of drug-likeness (QED) is 0.610. The van der Waals surface area contributed by atoms with Crippen LogP contribution in [0.3, 0.4) is 0 Å². The second-order valence-electron chi connectivity index (χ2n) is 2.96. The van der Waals surface area contributed by atoms with Gasteiger partial charge in [-0.1, -0.05) is 40.9 Å². The highest BCUT2D eigenvalue weighted by Crippen LogP contribution is 2.36. The van der Waals surface area contributed by atoms with Crippen molar-refractivity contribution in [3.8, 4) is 0 Å². The van der Waals surface area contributed by atoms with Gasteiger partial charge in [-0.3, -0.25) is 4.57 Å². The van der Waals surface area contributed by atoms with Gasteiger partial charge in [0.15, 0.2) is 0 Å². The Kier molecular flexibility index (Phi) is 3.82. The zero-order valence-electron chi connectivity index (χ0n) is 8.01. The van der Waals surface area contributed by atoms with Crippen molar-refractivity contribution in [1.82, 2.24) is 9.55 Å². The lowest BCUT2D eigenvalue weighted by Gasteiger charge is -2.13. The zero-order chi connectivity index (χ0) is 11.6. The first-order valence-corrected chi connectivity index (χ1v) is 5.26. The molecular formula is C9H9Cl3N2O. The molecule has 3 nitrogen and oxygen atoms in total. The third-order valence-corrected chi connectivity index (χ3v) is 2.40. The Bertz CT molecular complexity index is 434. The lowest BCUT2D eigenvalue weighted by Crippen LogP contribution is -2.27. The van der Waals surface area contributed by atoms with E-state index in [2.05, 4.69) is 11.6 Å². The summed E-state index contributed by atoms with van der Waals surface area (Å²) >= 11 is 16.9. The molecule has 0 spiro atoms. The Labute approximate surface area is 102 Å². The van der Waals surface area contributed by atoms with E-state index >= 15 is 0 Å². The topological polar surface area (TPSA) is 34.9 Å². The first-order valence-electron chi connectivity index (χ1n) is 4.13. The molecule has 6 heteroatoms. The van der Waals surface area contributed by atoms with Crippen LogP contribution in [0.1, 0.15) is 11.4 Å². The lowest BCUT2D eigenvalue weighted by molar-refractivity contribution is 0.703. The number of aromatic nitrogens is 2.